The van der Waals surface area contributed by atoms with Crippen LogP contribution in [0.4, 0.5) is 8.78 Å². The van der Waals surface area contributed by atoms with Crippen LogP contribution >= 0.6 is 0 Å². The number of benzene rings is 2. The third-order valence-corrected chi connectivity index (χ3v) is 14.4. The average molecular weight is 881 g/mol. The first-order valence-electron chi connectivity index (χ1n) is 22.3. The summed E-state index contributed by atoms with van der Waals surface area (Å²) < 4.78 is 50.4. The predicted molar refractivity (Wildman–Crippen MR) is 234 cm³/mol. The zero-order valence-electron chi connectivity index (χ0n) is 36.3. The Hall–Kier alpha value is -6.88. The van der Waals surface area contributed by atoms with Gasteiger partial charge in [-0.3, -0.25) is 28.1 Å². The van der Waals surface area contributed by atoms with Gasteiger partial charge in [-0.1, -0.05) is 5.16 Å². The van der Waals surface area contributed by atoms with E-state index < -0.39 is 28.7 Å². The summed E-state index contributed by atoms with van der Waals surface area (Å²) in [6, 6.07) is 13.7. The molecule has 2 aliphatic heterocycles. The van der Waals surface area contributed by atoms with Gasteiger partial charge >= 0.3 is 11.4 Å². The Morgan fingerprint density at radius 3 is 2.52 bits per heavy atom. The van der Waals surface area contributed by atoms with Crippen molar-refractivity contribution in [2.24, 2.45) is 7.05 Å². The molecule has 0 radical (unpaired) electrons. The maximum absolute atomic E-state index is 16.1. The van der Waals surface area contributed by atoms with Gasteiger partial charge in [0.15, 0.2) is 11.6 Å². The Kier molecular flexibility index (Phi) is 8.58. The number of hydrogen-bond donors (Lipinski definition) is 1. The van der Waals surface area contributed by atoms with E-state index in [1.165, 1.54) is 27.6 Å². The molecule has 1 amide bonds. The third kappa shape index (κ3) is 6.14. The second-order valence-corrected chi connectivity index (χ2v) is 18.9. The molecule has 15 nitrogen and oxygen atoms in total. The van der Waals surface area contributed by atoms with Crippen LogP contribution in [0.1, 0.15) is 121 Å². The van der Waals surface area contributed by atoms with E-state index in [2.05, 4.69) is 41.2 Å². The number of carbonyl (C=O) groups is 1. The van der Waals surface area contributed by atoms with Crippen LogP contribution in [0.3, 0.4) is 0 Å². The normalized spacial score (nSPS) is 20.2. The molecule has 2 aliphatic carbocycles. The standard InChI is InChI=1S/C48H46F2N10O5/c1-26-39-36(53-60(30-7-8-35(49)32(22-30)27-5-6-27)42(39)59-19-18-58(46(59)63)38-10-9-37-34(40(38)50)25-51-55(37)4)12-17-56(26)43(61)33-23-31-21-28(29-13-20-64-47(2,3)24-29)11-16-57(31)41(33)48(14-15-48)44-52-45(62)65-54-44/h7-11,16,18-19,21-23,25-27,29H,5-6,12-15,17,20,24H2,1-4H3,(H,52,54,62)/t26-,29-/m0/s1. The van der Waals surface area contributed by atoms with E-state index >= 15 is 13.6 Å². The van der Waals surface area contributed by atoms with Gasteiger partial charge in [0.25, 0.3) is 5.91 Å². The van der Waals surface area contributed by atoms with Gasteiger partial charge in [0.2, 0.25) is 0 Å². The molecule has 8 heterocycles. The van der Waals surface area contributed by atoms with Gasteiger partial charge in [0.05, 0.1) is 56.8 Å². The summed E-state index contributed by atoms with van der Waals surface area (Å²) in [4.78, 5) is 47.1. The number of hydrogen-bond acceptors (Lipinski definition) is 8. The molecule has 1 N–H and O–H groups in total. The highest BCUT2D eigenvalue weighted by atomic mass is 19.1. The van der Waals surface area contributed by atoms with Crippen molar-refractivity contribution in [3.05, 3.63) is 145 Å². The number of imidazole rings is 1. The number of pyridine rings is 1. The molecule has 2 atom stereocenters. The molecule has 1 saturated heterocycles. The molecular formula is C48H46F2N10O5. The number of H-pyrrole nitrogens is 1. The molecule has 332 valence electrons. The van der Waals surface area contributed by atoms with Gasteiger partial charge in [-0.2, -0.15) is 10.2 Å². The van der Waals surface area contributed by atoms with Crippen molar-refractivity contribution in [1.29, 1.82) is 0 Å². The number of aromatic amines is 1. The van der Waals surface area contributed by atoms with Crippen molar-refractivity contribution in [1.82, 2.24) is 48.1 Å². The third-order valence-electron chi connectivity index (χ3n) is 14.4. The Labute approximate surface area is 369 Å². The minimum absolute atomic E-state index is 0.0521. The van der Waals surface area contributed by atoms with E-state index in [0.29, 0.717) is 77.6 Å². The summed E-state index contributed by atoms with van der Waals surface area (Å²) in [5, 5.41) is 13.7. The first-order valence-corrected chi connectivity index (χ1v) is 22.3. The van der Waals surface area contributed by atoms with E-state index in [9.17, 15) is 9.59 Å². The van der Waals surface area contributed by atoms with E-state index in [1.807, 2.05) is 23.6 Å². The fourth-order valence-electron chi connectivity index (χ4n) is 10.7. The molecule has 0 bridgehead atoms. The predicted octanol–water partition coefficient (Wildman–Crippen LogP) is 7.30. The molecule has 0 unspecified atom stereocenters. The van der Waals surface area contributed by atoms with Gasteiger partial charge < -0.3 is 14.0 Å². The van der Waals surface area contributed by atoms with Gasteiger partial charge in [0.1, 0.15) is 11.6 Å². The number of carbonyl (C=O) groups excluding carboxylic acids is 1. The minimum Gasteiger partial charge on any atom is -0.376 e. The van der Waals surface area contributed by atoms with Crippen molar-refractivity contribution in [3.63, 3.8) is 0 Å². The van der Waals surface area contributed by atoms with E-state index in [-0.39, 0.29) is 40.2 Å². The molecule has 8 aromatic rings. The lowest BCUT2D eigenvalue weighted by atomic mass is 9.84. The Bertz CT molecular complexity index is 3390. The van der Waals surface area contributed by atoms with Crippen LogP contribution in [-0.2, 0) is 23.6 Å². The van der Waals surface area contributed by atoms with Crippen molar-refractivity contribution in [2.75, 3.05) is 13.2 Å². The number of ether oxygens (including phenoxy) is 1. The molecule has 3 fully saturated rings. The largest absolute Gasteiger partial charge is 0.438 e. The fourth-order valence-corrected chi connectivity index (χ4v) is 10.7. The van der Waals surface area contributed by atoms with Crippen molar-refractivity contribution in [2.45, 2.75) is 94.6 Å². The number of aromatic nitrogens is 9. The highest BCUT2D eigenvalue weighted by molar-refractivity contribution is 5.98. The van der Waals surface area contributed by atoms with Crippen LogP contribution < -0.4 is 11.4 Å². The van der Waals surface area contributed by atoms with Crippen LogP contribution in [0.15, 0.2) is 87.4 Å². The molecule has 65 heavy (non-hydrogen) atoms. The summed E-state index contributed by atoms with van der Waals surface area (Å²) >= 11 is 0. The van der Waals surface area contributed by atoms with Gasteiger partial charge in [-0.05, 0) is 131 Å². The molecule has 2 aromatic carbocycles. The molecule has 4 aliphatic rings. The monoisotopic (exact) mass is 880 g/mol. The van der Waals surface area contributed by atoms with E-state index in [1.54, 1.807) is 51.8 Å². The van der Waals surface area contributed by atoms with E-state index in [0.717, 1.165) is 42.5 Å². The molecule has 6 aromatic heterocycles. The first-order chi connectivity index (χ1) is 31.3. The molecule has 12 rings (SSSR count). The second-order valence-electron chi connectivity index (χ2n) is 18.9. The zero-order valence-corrected chi connectivity index (χ0v) is 36.3. The van der Waals surface area contributed by atoms with Gasteiger partial charge in [0, 0.05) is 62.0 Å². The molecule has 2 saturated carbocycles. The van der Waals surface area contributed by atoms with Gasteiger partial charge in [-0.25, -0.2) is 23.1 Å². The Morgan fingerprint density at radius 1 is 0.954 bits per heavy atom. The maximum Gasteiger partial charge on any atom is 0.438 e. The number of aryl methyl sites for hydroxylation is 1. The smallest absolute Gasteiger partial charge is 0.376 e. The topological polar surface area (TPSA) is 155 Å². The number of fused-ring (bicyclic) bond motifs is 3. The quantitative estimate of drug-likeness (QED) is 0.167. The highest BCUT2D eigenvalue weighted by Crippen LogP contribution is 2.54. The maximum atomic E-state index is 16.1. The number of halogens is 2. The summed E-state index contributed by atoms with van der Waals surface area (Å²) in [5.74, 6) is -0.679. The molecule has 17 heteroatoms. The lowest BCUT2D eigenvalue weighted by Crippen LogP contribution is -2.40. The molecule has 0 spiro atoms. The Balaban J connectivity index is 0.994. The average Bonchev–Trinajstić information content (AvgIpc) is 4.03. The summed E-state index contributed by atoms with van der Waals surface area (Å²) in [5.41, 5.74) is 4.71. The van der Waals surface area contributed by atoms with E-state index in [4.69, 9.17) is 14.4 Å². The number of nitrogens with zero attached hydrogens (tertiary/aromatic N) is 9. The number of rotatable bonds is 8. The fraction of sp³-hybridized carbons (Fsp3) is 0.375. The second kappa shape index (κ2) is 14.1. The minimum atomic E-state index is -0.766. The highest BCUT2D eigenvalue weighted by Gasteiger charge is 2.54. The summed E-state index contributed by atoms with van der Waals surface area (Å²) in [6.45, 7) is 7.12. The van der Waals surface area contributed by atoms with Crippen LogP contribution in [0.5, 0.6) is 0 Å². The van der Waals surface area contributed by atoms with Gasteiger partial charge in [-0.15, -0.1) is 0 Å². The van der Waals surface area contributed by atoms with Crippen molar-refractivity contribution in [3.8, 4) is 17.2 Å². The van der Waals surface area contributed by atoms with Crippen molar-refractivity contribution < 1.29 is 22.8 Å². The van der Waals surface area contributed by atoms with Crippen molar-refractivity contribution >= 4 is 22.3 Å². The lowest BCUT2D eigenvalue weighted by molar-refractivity contribution is -0.0593. The first kappa shape index (κ1) is 39.7. The number of nitrogens with one attached hydrogen (secondary N) is 1. The lowest BCUT2D eigenvalue weighted by Gasteiger charge is -2.35. The van der Waals surface area contributed by atoms with Crippen LogP contribution in [0.25, 0.3) is 33.6 Å². The van der Waals surface area contributed by atoms with Crippen LogP contribution in [-0.4, -0.2) is 72.8 Å². The van der Waals surface area contributed by atoms with Crippen LogP contribution in [0, 0.1) is 11.6 Å². The van der Waals surface area contributed by atoms with Crippen LogP contribution in [0.2, 0.25) is 0 Å². The SMILES string of the molecule is C[C@H]1c2c(nn(-c3ccc(F)c(C4CC4)c3)c2-n2ccn(-c3ccc4c(cnn4C)c3F)c2=O)CCN1C(=O)c1cc2cc([C@H]3CCOC(C)(C)C3)ccn2c1C1(c2noc(=O)[nH]2)CC1. The number of amides is 1. The molecular weight excluding hydrogens is 835 g/mol. The summed E-state index contributed by atoms with van der Waals surface area (Å²) in [7, 11) is 1.72. The zero-order chi connectivity index (χ0) is 44.7. The summed E-state index contributed by atoms with van der Waals surface area (Å²) in [6.07, 6.45) is 11.7. The Morgan fingerprint density at radius 2 is 1.77 bits per heavy atom.